The summed E-state index contributed by atoms with van der Waals surface area (Å²) in [6.45, 7) is 1.97. The maximum absolute atomic E-state index is 6.92. The number of rotatable bonds is 3. The first-order chi connectivity index (χ1) is 6.18. The van der Waals surface area contributed by atoms with E-state index in [2.05, 4.69) is 10.3 Å². The molecule has 1 aromatic heterocycles. The standard InChI is InChI=1S/C9H12N4/c1-7-2-3-9(13-6-7)12-5-4-8(10)11/h2-6H,1H3,(H3,10,11)(H,12,13)/b5-4-. The fourth-order valence-electron chi connectivity index (χ4n) is 0.770. The predicted molar refractivity (Wildman–Crippen MR) is 53.7 cm³/mol. The summed E-state index contributed by atoms with van der Waals surface area (Å²) in [5, 5.41) is 9.82. The molecule has 4 N–H and O–H groups in total. The molecule has 68 valence electrons. The van der Waals surface area contributed by atoms with E-state index >= 15 is 0 Å². The van der Waals surface area contributed by atoms with Crippen LogP contribution in [0.25, 0.3) is 0 Å². The molecule has 1 aromatic rings. The second-order valence-electron chi connectivity index (χ2n) is 2.65. The Labute approximate surface area is 77.0 Å². The van der Waals surface area contributed by atoms with Gasteiger partial charge in [0.15, 0.2) is 0 Å². The molecule has 0 atom stereocenters. The van der Waals surface area contributed by atoms with Crippen LogP contribution in [0, 0.1) is 12.3 Å². The van der Waals surface area contributed by atoms with Crippen LogP contribution in [0.4, 0.5) is 5.82 Å². The Balaban J connectivity index is 2.55. The number of nitrogens with one attached hydrogen (secondary N) is 2. The Hall–Kier alpha value is -1.84. The number of hydrogen-bond acceptors (Lipinski definition) is 3. The molecule has 0 aliphatic heterocycles. The minimum atomic E-state index is 0.0135. The minimum absolute atomic E-state index is 0.0135. The molecular formula is C9H12N4. The third-order valence-electron chi connectivity index (χ3n) is 1.41. The number of nitrogens with two attached hydrogens (primary N) is 1. The summed E-state index contributed by atoms with van der Waals surface area (Å²) in [6, 6.07) is 3.82. The molecule has 1 heterocycles. The Bertz CT molecular complexity index is 313. The summed E-state index contributed by atoms with van der Waals surface area (Å²) in [5.41, 5.74) is 6.23. The highest BCUT2D eigenvalue weighted by molar-refractivity contribution is 5.88. The molecule has 1 rings (SSSR count). The van der Waals surface area contributed by atoms with E-state index < -0.39 is 0 Å². The normalized spacial score (nSPS) is 10.2. The molecule has 0 unspecified atom stereocenters. The minimum Gasteiger partial charge on any atom is -0.384 e. The van der Waals surface area contributed by atoms with E-state index in [-0.39, 0.29) is 5.84 Å². The highest BCUT2D eigenvalue weighted by Gasteiger charge is 1.88. The number of amidine groups is 1. The molecule has 4 nitrogen and oxygen atoms in total. The van der Waals surface area contributed by atoms with Crippen molar-refractivity contribution in [2.45, 2.75) is 6.92 Å². The average Bonchev–Trinajstić information content (AvgIpc) is 2.08. The Kier molecular flexibility index (Phi) is 3.03. The monoisotopic (exact) mass is 176 g/mol. The molecule has 0 radical (unpaired) electrons. The smallest absolute Gasteiger partial charge is 0.129 e. The fourth-order valence-corrected chi connectivity index (χ4v) is 0.770. The molecule has 0 aliphatic rings. The van der Waals surface area contributed by atoms with Gasteiger partial charge in [-0.2, -0.15) is 0 Å². The first-order valence-corrected chi connectivity index (χ1v) is 3.88. The first kappa shape index (κ1) is 9.25. The van der Waals surface area contributed by atoms with Gasteiger partial charge in [-0.15, -0.1) is 0 Å². The van der Waals surface area contributed by atoms with Gasteiger partial charge in [0.2, 0.25) is 0 Å². The van der Waals surface area contributed by atoms with Gasteiger partial charge < -0.3 is 11.1 Å². The first-order valence-electron chi connectivity index (χ1n) is 3.88. The summed E-state index contributed by atoms with van der Waals surface area (Å²) < 4.78 is 0. The van der Waals surface area contributed by atoms with Crippen LogP contribution >= 0.6 is 0 Å². The number of anilines is 1. The summed E-state index contributed by atoms with van der Waals surface area (Å²) >= 11 is 0. The van der Waals surface area contributed by atoms with Crippen molar-refractivity contribution < 1.29 is 0 Å². The van der Waals surface area contributed by atoms with Crippen LogP contribution in [0.5, 0.6) is 0 Å². The van der Waals surface area contributed by atoms with Crippen molar-refractivity contribution in [1.29, 1.82) is 5.41 Å². The number of aryl methyl sites for hydroxylation is 1. The van der Waals surface area contributed by atoms with Crippen molar-refractivity contribution in [1.82, 2.24) is 4.98 Å². The summed E-state index contributed by atoms with van der Waals surface area (Å²) in [7, 11) is 0. The van der Waals surface area contributed by atoms with Crippen LogP contribution in [0.1, 0.15) is 5.56 Å². The lowest BCUT2D eigenvalue weighted by atomic mass is 10.3. The molecule has 0 spiro atoms. The quantitative estimate of drug-likeness (QED) is 0.479. The zero-order chi connectivity index (χ0) is 9.68. The van der Waals surface area contributed by atoms with Crippen LogP contribution in [-0.4, -0.2) is 10.8 Å². The lowest BCUT2D eigenvalue weighted by molar-refractivity contribution is 1.26. The van der Waals surface area contributed by atoms with Crippen molar-refractivity contribution in [3.05, 3.63) is 36.2 Å². The van der Waals surface area contributed by atoms with E-state index in [9.17, 15) is 0 Å². The fraction of sp³-hybridized carbons (Fsp3) is 0.111. The maximum Gasteiger partial charge on any atom is 0.129 e. The maximum atomic E-state index is 6.92. The van der Waals surface area contributed by atoms with E-state index in [0.717, 1.165) is 11.4 Å². The van der Waals surface area contributed by atoms with Gasteiger partial charge in [-0.25, -0.2) is 4.98 Å². The van der Waals surface area contributed by atoms with Crippen molar-refractivity contribution in [3.63, 3.8) is 0 Å². The van der Waals surface area contributed by atoms with Gasteiger partial charge in [-0.3, -0.25) is 5.41 Å². The van der Waals surface area contributed by atoms with E-state index in [1.165, 1.54) is 6.08 Å². The summed E-state index contributed by atoms with van der Waals surface area (Å²) in [6.07, 6.45) is 4.81. The van der Waals surface area contributed by atoms with Crippen LogP contribution in [0.15, 0.2) is 30.6 Å². The average molecular weight is 176 g/mol. The number of pyridine rings is 1. The van der Waals surface area contributed by atoms with Crippen LogP contribution in [0.3, 0.4) is 0 Å². The largest absolute Gasteiger partial charge is 0.384 e. The van der Waals surface area contributed by atoms with Crippen molar-refractivity contribution >= 4 is 11.7 Å². The second kappa shape index (κ2) is 4.25. The molecule has 0 saturated heterocycles. The van der Waals surface area contributed by atoms with Crippen molar-refractivity contribution in [2.24, 2.45) is 5.73 Å². The van der Waals surface area contributed by atoms with E-state index in [1.807, 2.05) is 19.1 Å². The topological polar surface area (TPSA) is 74.8 Å². The van der Waals surface area contributed by atoms with Crippen LogP contribution < -0.4 is 11.1 Å². The van der Waals surface area contributed by atoms with E-state index in [1.54, 1.807) is 12.4 Å². The Morgan fingerprint density at radius 1 is 1.62 bits per heavy atom. The summed E-state index contributed by atoms with van der Waals surface area (Å²) in [4.78, 5) is 4.10. The van der Waals surface area contributed by atoms with Gasteiger partial charge in [-0.05, 0) is 24.6 Å². The Morgan fingerprint density at radius 2 is 2.38 bits per heavy atom. The Morgan fingerprint density at radius 3 is 2.92 bits per heavy atom. The molecule has 0 bridgehead atoms. The number of nitrogens with zero attached hydrogens (tertiary/aromatic N) is 1. The van der Waals surface area contributed by atoms with Gasteiger partial charge >= 0.3 is 0 Å². The molecule has 0 fully saturated rings. The highest BCUT2D eigenvalue weighted by atomic mass is 15.0. The molecule has 0 aliphatic carbocycles. The van der Waals surface area contributed by atoms with Gasteiger partial charge in [0, 0.05) is 12.4 Å². The SMILES string of the molecule is Cc1ccc(N/C=C\C(=N)N)nc1. The zero-order valence-corrected chi connectivity index (χ0v) is 7.41. The molecule has 0 aromatic carbocycles. The number of hydrogen-bond donors (Lipinski definition) is 3. The van der Waals surface area contributed by atoms with Gasteiger partial charge in [0.25, 0.3) is 0 Å². The molecule has 4 heteroatoms. The van der Waals surface area contributed by atoms with Crippen molar-refractivity contribution in [3.8, 4) is 0 Å². The van der Waals surface area contributed by atoms with Crippen molar-refractivity contribution in [2.75, 3.05) is 5.32 Å². The molecular weight excluding hydrogens is 164 g/mol. The summed E-state index contributed by atoms with van der Waals surface area (Å²) in [5.74, 6) is 0.753. The van der Waals surface area contributed by atoms with Crippen LogP contribution in [-0.2, 0) is 0 Å². The van der Waals surface area contributed by atoms with Gasteiger partial charge in [0.1, 0.15) is 11.7 Å². The molecule has 0 amide bonds. The van der Waals surface area contributed by atoms with E-state index in [4.69, 9.17) is 11.1 Å². The second-order valence-corrected chi connectivity index (χ2v) is 2.65. The van der Waals surface area contributed by atoms with Crippen LogP contribution in [0.2, 0.25) is 0 Å². The lowest BCUT2D eigenvalue weighted by Gasteiger charge is -1.98. The lowest BCUT2D eigenvalue weighted by Crippen LogP contribution is -2.05. The van der Waals surface area contributed by atoms with E-state index in [0.29, 0.717) is 0 Å². The number of aromatic nitrogens is 1. The third-order valence-corrected chi connectivity index (χ3v) is 1.41. The van der Waals surface area contributed by atoms with Gasteiger partial charge in [0.05, 0.1) is 0 Å². The predicted octanol–water partition coefficient (Wildman–Crippen LogP) is 1.25. The zero-order valence-electron chi connectivity index (χ0n) is 7.41. The molecule has 13 heavy (non-hydrogen) atoms. The highest BCUT2D eigenvalue weighted by Crippen LogP contribution is 2.02. The molecule has 0 saturated carbocycles. The third kappa shape index (κ3) is 3.37. The van der Waals surface area contributed by atoms with Gasteiger partial charge in [-0.1, -0.05) is 6.07 Å².